The van der Waals surface area contributed by atoms with Crippen molar-refractivity contribution in [3.8, 4) is 0 Å². The highest BCUT2D eigenvalue weighted by Crippen LogP contribution is 2.30. The Morgan fingerprint density at radius 1 is 1.03 bits per heavy atom. The maximum Gasteiger partial charge on any atom is 0.160 e. The number of hydrogen-bond acceptors (Lipinski definition) is 5. The first kappa shape index (κ1) is 22.4. The molecule has 6 nitrogen and oxygen atoms in total. The van der Waals surface area contributed by atoms with E-state index in [2.05, 4.69) is 45.2 Å². The van der Waals surface area contributed by atoms with Crippen LogP contribution < -0.4 is 10.6 Å². The van der Waals surface area contributed by atoms with E-state index in [1.165, 1.54) is 5.56 Å². The van der Waals surface area contributed by atoms with Gasteiger partial charge >= 0.3 is 0 Å². The van der Waals surface area contributed by atoms with Gasteiger partial charge in [0.15, 0.2) is 11.6 Å². The predicted molar refractivity (Wildman–Crippen MR) is 137 cm³/mol. The molecule has 168 valence electrons. The summed E-state index contributed by atoms with van der Waals surface area (Å²) in [6.45, 7) is 3.58. The summed E-state index contributed by atoms with van der Waals surface area (Å²) in [4.78, 5) is 16.2. The van der Waals surface area contributed by atoms with E-state index < -0.39 is 0 Å². The lowest BCUT2D eigenvalue weighted by Gasteiger charge is -2.33. The van der Waals surface area contributed by atoms with Gasteiger partial charge in [-0.05, 0) is 42.9 Å². The predicted octanol–water partition coefficient (Wildman–Crippen LogP) is 5.45. The highest BCUT2D eigenvalue weighted by Gasteiger charge is 2.22. The molecule has 0 unspecified atom stereocenters. The molecule has 1 saturated heterocycles. The Kier molecular flexibility index (Phi) is 7.25. The van der Waals surface area contributed by atoms with Crippen molar-refractivity contribution in [1.29, 1.82) is 5.41 Å². The number of hydrogen-bond donors (Lipinski definition) is 2. The minimum atomic E-state index is 0.330. The summed E-state index contributed by atoms with van der Waals surface area (Å²) in [6, 6.07) is 22.7. The second kappa shape index (κ2) is 10.7. The lowest BCUT2D eigenvalue weighted by atomic mass is 9.89. The maximum absolute atomic E-state index is 7.67. The summed E-state index contributed by atoms with van der Waals surface area (Å²) in [5.41, 5.74) is 9.01. The zero-order valence-electron chi connectivity index (χ0n) is 19.0. The van der Waals surface area contributed by atoms with Crippen LogP contribution in [0, 0.1) is 5.41 Å². The summed E-state index contributed by atoms with van der Waals surface area (Å²) in [6.07, 6.45) is 6.40. The average Bonchev–Trinajstić information content (AvgIpc) is 2.83. The summed E-state index contributed by atoms with van der Waals surface area (Å²) < 4.78 is 0. The Bertz CT molecular complexity index is 1130. The van der Waals surface area contributed by atoms with Gasteiger partial charge in [-0.3, -0.25) is 0 Å². The number of amidine groups is 1. The first-order valence-corrected chi connectivity index (χ1v) is 11.4. The molecule has 0 atom stereocenters. The number of nitrogens with one attached hydrogen (secondary N) is 1. The molecule has 4 rings (SSSR count). The molecule has 0 saturated carbocycles. The number of nitrogens with two attached hydrogens (primary N) is 1. The largest absolute Gasteiger partial charge is 0.387 e. The van der Waals surface area contributed by atoms with Gasteiger partial charge < -0.3 is 16.0 Å². The molecule has 1 aliphatic rings. The van der Waals surface area contributed by atoms with Crippen LogP contribution in [0.25, 0.3) is 12.2 Å². The number of piperidine rings is 1. The molecular weight excluding hydrogens is 408 g/mol. The topological polar surface area (TPSA) is 91.2 Å². The van der Waals surface area contributed by atoms with Crippen LogP contribution in [0.4, 0.5) is 11.6 Å². The molecule has 1 aromatic heterocycles. The molecule has 0 radical (unpaired) electrons. The van der Waals surface area contributed by atoms with Crippen molar-refractivity contribution in [3.05, 3.63) is 83.7 Å². The molecule has 1 aliphatic heterocycles. The van der Waals surface area contributed by atoms with Crippen LogP contribution in [0.3, 0.4) is 0 Å². The van der Waals surface area contributed by atoms with E-state index in [9.17, 15) is 0 Å². The van der Waals surface area contributed by atoms with Crippen LogP contribution >= 0.6 is 0 Å². The van der Waals surface area contributed by atoms with Crippen molar-refractivity contribution >= 4 is 35.3 Å². The monoisotopic (exact) mass is 438 g/mol. The van der Waals surface area contributed by atoms with Gasteiger partial charge in [-0.25, -0.2) is 15.0 Å². The van der Waals surface area contributed by atoms with E-state index in [1.54, 1.807) is 6.92 Å². The first-order chi connectivity index (χ1) is 16.1. The molecular formula is C27H30N6. The highest BCUT2D eigenvalue weighted by molar-refractivity contribution is 6.01. The molecule has 3 aromatic rings. The zero-order chi connectivity index (χ0) is 23.0. The minimum absolute atomic E-state index is 0.330. The fraction of sp³-hybridized carbons (Fsp3) is 0.259. The van der Waals surface area contributed by atoms with Crippen LogP contribution in [0.5, 0.6) is 0 Å². The third kappa shape index (κ3) is 6.35. The van der Waals surface area contributed by atoms with Crippen LogP contribution in [0.2, 0.25) is 0 Å². The van der Waals surface area contributed by atoms with Gasteiger partial charge in [-0.1, -0.05) is 66.7 Å². The van der Waals surface area contributed by atoms with Gasteiger partial charge in [-0.15, -0.1) is 0 Å². The minimum Gasteiger partial charge on any atom is -0.387 e. The summed E-state index contributed by atoms with van der Waals surface area (Å²) in [5, 5.41) is 7.67. The van der Waals surface area contributed by atoms with Crippen LogP contribution in [-0.2, 0) is 0 Å². The number of nitrogens with zero attached hydrogens (tertiary/aromatic N) is 4. The number of aliphatic imine (C=N–C) groups is 1. The summed E-state index contributed by atoms with van der Waals surface area (Å²) in [7, 11) is 0. The number of rotatable bonds is 7. The Balaban J connectivity index is 1.57. The van der Waals surface area contributed by atoms with Crippen molar-refractivity contribution in [2.75, 3.05) is 18.0 Å². The molecule has 33 heavy (non-hydrogen) atoms. The standard InChI is InChI=1S/C27H30N6/c1-20(28)18-24(29)30-26-19-27(32-25(31-26)13-12-21-8-4-2-5-9-21)33-16-14-23(15-17-33)22-10-6-3-7-11-22/h2-13,19,23,28H,14-18H2,1H3,(H2,29,30,31,32)/b13-12+,28-20?. The maximum atomic E-state index is 7.67. The molecule has 6 heteroatoms. The zero-order valence-corrected chi connectivity index (χ0v) is 19.0. The molecule has 2 aromatic carbocycles. The van der Waals surface area contributed by atoms with Gasteiger partial charge in [-0.2, -0.15) is 0 Å². The van der Waals surface area contributed by atoms with Gasteiger partial charge in [0, 0.05) is 31.3 Å². The molecule has 2 heterocycles. The average molecular weight is 439 g/mol. The van der Waals surface area contributed by atoms with E-state index in [1.807, 2.05) is 48.6 Å². The second-order valence-electron chi connectivity index (χ2n) is 8.42. The molecule has 0 spiro atoms. The van der Waals surface area contributed by atoms with Gasteiger partial charge in [0.2, 0.25) is 0 Å². The Morgan fingerprint density at radius 3 is 2.36 bits per heavy atom. The number of aromatic nitrogens is 2. The molecule has 0 aliphatic carbocycles. The Labute approximate surface area is 195 Å². The van der Waals surface area contributed by atoms with E-state index in [4.69, 9.17) is 16.1 Å². The van der Waals surface area contributed by atoms with E-state index in [0.29, 0.717) is 35.5 Å². The van der Waals surface area contributed by atoms with Crippen molar-refractivity contribution < 1.29 is 0 Å². The van der Waals surface area contributed by atoms with Crippen molar-refractivity contribution in [2.45, 2.75) is 32.1 Å². The Hall–Kier alpha value is -3.80. The van der Waals surface area contributed by atoms with Crippen molar-refractivity contribution in [2.24, 2.45) is 10.7 Å². The number of benzene rings is 2. The lowest BCUT2D eigenvalue weighted by molar-refractivity contribution is 0.502. The normalized spacial score (nSPS) is 15.2. The van der Waals surface area contributed by atoms with Crippen LogP contribution in [0.15, 0.2) is 71.7 Å². The molecule has 3 N–H and O–H groups in total. The summed E-state index contributed by atoms with van der Waals surface area (Å²) in [5.74, 6) is 2.94. The highest BCUT2D eigenvalue weighted by atomic mass is 15.2. The number of anilines is 1. The van der Waals surface area contributed by atoms with E-state index in [0.717, 1.165) is 37.3 Å². The van der Waals surface area contributed by atoms with Gasteiger partial charge in [0.1, 0.15) is 11.7 Å². The second-order valence-corrected chi connectivity index (χ2v) is 8.42. The van der Waals surface area contributed by atoms with Crippen molar-refractivity contribution in [3.63, 3.8) is 0 Å². The van der Waals surface area contributed by atoms with E-state index in [-0.39, 0.29) is 0 Å². The van der Waals surface area contributed by atoms with E-state index >= 15 is 0 Å². The first-order valence-electron chi connectivity index (χ1n) is 11.4. The fourth-order valence-corrected chi connectivity index (χ4v) is 4.09. The summed E-state index contributed by atoms with van der Waals surface area (Å²) >= 11 is 0. The smallest absolute Gasteiger partial charge is 0.160 e. The molecule has 0 bridgehead atoms. The molecule has 1 fully saturated rings. The fourth-order valence-electron chi connectivity index (χ4n) is 4.09. The van der Waals surface area contributed by atoms with Gasteiger partial charge in [0.25, 0.3) is 0 Å². The quantitative estimate of drug-likeness (QED) is 0.379. The third-order valence-electron chi connectivity index (χ3n) is 5.74. The van der Waals surface area contributed by atoms with Crippen LogP contribution in [-0.4, -0.2) is 34.6 Å². The Morgan fingerprint density at radius 2 is 1.70 bits per heavy atom. The SMILES string of the molecule is CC(=N)CC(N)=Nc1cc(N2CCC(c3ccccc3)CC2)nc(/C=C/c2ccccc2)n1. The van der Waals surface area contributed by atoms with Crippen molar-refractivity contribution in [1.82, 2.24) is 9.97 Å². The van der Waals surface area contributed by atoms with Gasteiger partial charge in [0.05, 0.1) is 0 Å². The van der Waals surface area contributed by atoms with Crippen LogP contribution in [0.1, 0.15) is 49.1 Å². The lowest BCUT2D eigenvalue weighted by Crippen LogP contribution is -2.33. The third-order valence-corrected chi connectivity index (χ3v) is 5.74. The molecule has 0 amide bonds.